The molecule has 0 radical (unpaired) electrons. The molecule has 0 aliphatic heterocycles. The number of nitrogens with one attached hydrogen (secondary N) is 1. The lowest BCUT2D eigenvalue weighted by molar-refractivity contribution is -0.384. The average molecular weight is 336 g/mol. The number of nitro groups is 1. The Morgan fingerprint density at radius 2 is 1.68 bits per heavy atom. The van der Waals surface area contributed by atoms with Crippen molar-refractivity contribution in [3.8, 4) is 5.75 Å². The Morgan fingerprint density at radius 1 is 0.920 bits per heavy atom. The Bertz CT molecular complexity index is 842. The molecule has 5 heteroatoms. The molecule has 25 heavy (non-hydrogen) atoms. The topological polar surface area (TPSA) is 64.4 Å². The Labute approximate surface area is 146 Å². The van der Waals surface area contributed by atoms with Gasteiger partial charge in [-0.15, -0.1) is 0 Å². The minimum Gasteiger partial charge on any atom is -0.492 e. The molecule has 0 atom stereocenters. The number of ether oxygens (including phenoxy) is 1. The van der Waals surface area contributed by atoms with Crippen LogP contribution in [0.3, 0.4) is 0 Å². The van der Waals surface area contributed by atoms with Crippen molar-refractivity contribution in [3.63, 3.8) is 0 Å². The smallest absolute Gasteiger partial charge is 0.269 e. The summed E-state index contributed by atoms with van der Waals surface area (Å²) in [4.78, 5) is 10.2. The summed E-state index contributed by atoms with van der Waals surface area (Å²) in [6.45, 7) is 2.14. The molecule has 0 fully saturated rings. The van der Waals surface area contributed by atoms with Crippen LogP contribution in [0.4, 0.5) is 5.69 Å². The SMILES string of the molecule is O=[N+]([O-])c1ccc(CCNCCOc2cccc3ccccc23)cc1. The molecule has 0 amide bonds. The maximum absolute atomic E-state index is 10.6. The van der Waals surface area contributed by atoms with Crippen LogP contribution < -0.4 is 10.1 Å². The van der Waals surface area contributed by atoms with Crippen LogP contribution in [0.15, 0.2) is 66.7 Å². The van der Waals surface area contributed by atoms with Gasteiger partial charge in [-0.3, -0.25) is 10.1 Å². The normalized spacial score (nSPS) is 10.7. The van der Waals surface area contributed by atoms with Crippen molar-refractivity contribution >= 4 is 16.5 Å². The van der Waals surface area contributed by atoms with Gasteiger partial charge < -0.3 is 10.1 Å². The highest BCUT2D eigenvalue weighted by Gasteiger charge is 2.04. The number of non-ortho nitro benzene ring substituents is 1. The second-order valence-corrected chi connectivity index (χ2v) is 5.75. The molecular formula is C20H20N2O3. The average Bonchev–Trinajstić information content (AvgIpc) is 2.65. The van der Waals surface area contributed by atoms with Crippen molar-refractivity contribution < 1.29 is 9.66 Å². The van der Waals surface area contributed by atoms with Gasteiger partial charge in [-0.05, 0) is 30.0 Å². The van der Waals surface area contributed by atoms with E-state index >= 15 is 0 Å². The number of hydrogen-bond acceptors (Lipinski definition) is 4. The molecule has 0 unspecified atom stereocenters. The number of rotatable bonds is 8. The van der Waals surface area contributed by atoms with Gasteiger partial charge in [0.05, 0.1) is 4.92 Å². The maximum atomic E-state index is 10.6. The molecule has 0 aliphatic carbocycles. The Hall–Kier alpha value is -2.92. The molecule has 0 saturated carbocycles. The van der Waals surface area contributed by atoms with E-state index in [4.69, 9.17) is 4.74 Å². The van der Waals surface area contributed by atoms with Crippen LogP contribution in [-0.2, 0) is 6.42 Å². The summed E-state index contributed by atoms with van der Waals surface area (Å²) in [5.41, 5.74) is 1.20. The van der Waals surface area contributed by atoms with E-state index in [-0.39, 0.29) is 10.6 Å². The molecule has 0 aliphatic rings. The first-order valence-corrected chi connectivity index (χ1v) is 8.28. The third-order valence-corrected chi connectivity index (χ3v) is 4.02. The van der Waals surface area contributed by atoms with E-state index in [1.807, 2.05) is 24.3 Å². The van der Waals surface area contributed by atoms with Gasteiger partial charge in [0.15, 0.2) is 0 Å². The van der Waals surface area contributed by atoms with Crippen LogP contribution in [-0.4, -0.2) is 24.6 Å². The van der Waals surface area contributed by atoms with Crippen LogP contribution in [0.1, 0.15) is 5.56 Å². The van der Waals surface area contributed by atoms with Crippen molar-refractivity contribution in [1.82, 2.24) is 5.32 Å². The summed E-state index contributed by atoms with van der Waals surface area (Å²) < 4.78 is 5.88. The maximum Gasteiger partial charge on any atom is 0.269 e. The van der Waals surface area contributed by atoms with Crippen molar-refractivity contribution in [2.75, 3.05) is 19.7 Å². The monoisotopic (exact) mass is 336 g/mol. The highest BCUT2D eigenvalue weighted by Crippen LogP contribution is 2.24. The molecule has 0 aromatic heterocycles. The second kappa shape index (κ2) is 8.26. The zero-order chi connectivity index (χ0) is 17.5. The number of hydrogen-bond donors (Lipinski definition) is 1. The van der Waals surface area contributed by atoms with Crippen LogP contribution in [0.25, 0.3) is 10.8 Å². The van der Waals surface area contributed by atoms with Crippen LogP contribution >= 0.6 is 0 Å². The van der Waals surface area contributed by atoms with E-state index < -0.39 is 0 Å². The van der Waals surface area contributed by atoms with Crippen LogP contribution in [0, 0.1) is 10.1 Å². The van der Waals surface area contributed by atoms with E-state index in [9.17, 15) is 10.1 Å². The zero-order valence-electron chi connectivity index (χ0n) is 13.9. The Balaban J connectivity index is 1.41. The van der Waals surface area contributed by atoms with Crippen molar-refractivity contribution in [1.29, 1.82) is 0 Å². The highest BCUT2D eigenvalue weighted by molar-refractivity contribution is 5.88. The van der Waals surface area contributed by atoms with E-state index in [1.165, 1.54) is 5.39 Å². The minimum atomic E-state index is -0.382. The molecule has 0 saturated heterocycles. The summed E-state index contributed by atoms with van der Waals surface area (Å²) >= 11 is 0. The molecule has 0 spiro atoms. The van der Waals surface area contributed by atoms with Gasteiger partial charge in [0.1, 0.15) is 12.4 Å². The molecule has 3 aromatic rings. The van der Waals surface area contributed by atoms with Crippen LogP contribution in [0.5, 0.6) is 5.75 Å². The zero-order valence-corrected chi connectivity index (χ0v) is 13.9. The first-order chi connectivity index (χ1) is 12.2. The quantitative estimate of drug-likeness (QED) is 0.384. The summed E-state index contributed by atoms with van der Waals surface area (Å²) in [7, 11) is 0. The Kier molecular flexibility index (Phi) is 5.59. The summed E-state index contributed by atoms with van der Waals surface area (Å²) in [6, 6.07) is 20.9. The minimum absolute atomic E-state index is 0.125. The second-order valence-electron chi connectivity index (χ2n) is 5.75. The van der Waals surface area contributed by atoms with Gasteiger partial charge in [-0.1, -0.05) is 48.5 Å². The predicted octanol–water partition coefficient (Wildman–Crippen LogP) is 3.96. The molecule has 128 valence electrons. The van der Waals surface area contributed by atoms with Gasteiger partial charge in [-0.25, -0.2) is 0 Å². The predicted molar refractivity (Wildman–Crippen MR) is 99.1 cm³/mol. The summed E-state index contributed by atoms with van der Waals surface area (Å²) in [5, 5.41) is 16.2. The summed E-state index contributed by atoms with van der Waals surface area (Å²) in [5.74, 6) is 0.898. The van der Waals surface area contributed by atoms with Gasteiger partial charge in [0, 0.05) is 24.1 Å². The standard InChI is InChI=1S/C20H20N2O3/c23-22(24)18-10-8-16(9-11-18)12-13-21-14-15-25-20-7-3-5-17-4-1-2-6-19(17)20/h1-11,21H,12-15H2. The van der Waals surface area contributed by atoms with Gasteiger partial charge in [0.25, 0.3) is 5.69 Å². The molecule has 0 bridgehead atoms. The fraction of sp³-hybridized carbons (Fsp3) is 0.200. The van der Waals surface area contributed by atoms with Crippen molar-refractivity contribution in [2.45, 2.75) is 6.42 Å². The number of nitrogens with zero attached hydrogens (tertiary/aromatic N) is 1. The number of fused-ring (bicyclic) bond motifs is 1. The molecular weight excluding hydrogens is 316 g/mol. The van der Waals surface area contributed by atoms with E-state index in [2.05, 4.69) is 23.5 Å². The number of nitro benzene ring substituents is 1. The third-order valence-electron chi connectivity index (χ3n) is 4.02. The van der Waals surface area contributed by atoms with Crippen molar-refractivity contribution in [2.24, 2.45) is 0 Å². The fourth-order valence-corrected chi connectivity index (χ4v) is 2.70. The molecule has 3 aromatic carbocycles. The van der Waals surface area contributed by atoms with E-state index in [1.54, 1.807) is 24.3 Å². The van der Waals surface area contributed by atoms with Crippen molar-refractivity contribution in [3.05, 3.63) is 82.4 Å². The lowest BCUT2D eigenvalue weighted by atomic mass is 10.1. The van der Waals surface area contributed by atoms with E-state index in [0.717, 1.165) is 36.2 Å². The molecule has 0 heterocycles. The molecule has 1 N–H and O–H groups in total. The van der Waals surface area contributed by atoms with Gasteiger partial charge in [-0.2, -0.15) is 0 Å². The molecule has 3 rings (SSSR count). The molecule has 5 nitrogen and oxygen atoms in total. The third kappa shape index (κ3) is 4.55. The van der Waals surface area contributed by atoms with Crippen LogP contribution in [0.2, 0.25) is 0 Å². The van der Waals surface area contributed by atoms with Gasteiger partial charge >= 0.3 is 0 Å². The largest absolute Gasteiger partial charge is 0.492 e. The van der Waals surface area contributed by atoms with E-state index in [0.29, 0.717) is 6.61 Å². The van der Waals surface area contributed by atoms with Gasteiger partial charge in [0.2, 0.25) is 0 Å². The Morgan fingerprint density at radius 3 is 2.48 bits per heavy atom. The summed E-state index contributed by atoms with van der Waals surface area (Å²) in [6.07, 6.45) is 0.826. The fourth-order valence-electron chi connectivity index (χ4n) is 2.70. The lowest BCUT2D eigenvalue weighted by Crippen LogP contribution is -2.23. The first-order valence-electron chi connectivity index (χ1n) is 8.28. The number of benzene rings is 3. The lowest BCUT2D eigenvalue weighted by Gasteiger charge is -2.10. The highest BCUT2D eigenvalue weighted by atomic mass is 16.6. The first kappa shape index (κ1) is 16.9.